The van der Waals surface area contributed by atoms with Gasteiger partial charge in [0.2, 0.25) is 10.0 Å². The van der Waals surface area contributed by atoms with E-state index in [1.54, 1.807) is 6.07 Å². The molecule has 0 aromatic heterocycles. The van der Waals surface area contributed by atoms with Crippen molar-refractivity contribution in [3.63, 3.8) is 0 Å². The Hall–Kier alpha value is -1.60. The third kappa shape index (κ3) is 4.68. The van der Waals surface area contributed by atoms with Gasteiger partial charge in [-0.25, -0.2) is 17.9 Å². The lowest BCUT2D eigenvalue weighted by atomic mass is 9.95. The van der Waals surface area contributed by atoms with E-state index in [4.69, 9.17) is 0 Å². The number of carboxylic acid groups (broad SMARTS) is 1. The van der Waals surface area contributed by atoms with E-state index < -0.39 is 16.0 Å². The summed E-state index contributed by atoms with van der Waals surface area (Å²) in [5.74, 6) is -1.13. The van der Waals surface area contributed by atoms with Crippen molar-refractivity contribution in [2.45, 2.75) is 56.4 Å². The summed E-state index contributed by atoms with van der Waals surface area (Å²) in [6.45, 7) is 2.19. The molecular formula is C16H24N2O4S. The fourth-order valence-electron chi connectivity index (χ4n) is 2.78. The molecule has 128 valence electrons. The van der Waals surface area contributed by atoms with Gasteiger partial charge in [-0.1, -0.05) is 26.2 Å². The van der Waals surface area contributed by atoms with Crippen LogP contribution in [0.5, 0.6) is 0 Å². The smallest absolute Gasteiger partial charge is 0.337 e. The van der Waals surface area contributed by atoms with Gasteiger partial charge < -0.3 is 10.4 Å². The van der Waals surface area contributed by atoms with E-state index in [9.17, 15) is 18.3 Å². The molecule has 1 aromatic rings. The van der Waals surface area contributed by atoms with E-state index in [-0.39, 0.29) is 16.5 Å². The zero-order valence-electron chi connectivity index (χ0n) is 13.3. The summed E-state index contributed by atoms with van der Waals surface area (Å²) in [4.78, 5) is 11.5. The molecule has 1 aliphatic carbocycles. The second-order valence-corrected chi connectivity index (χ2v) is 7.66. The van der Waals surface area contributed by atoms with Gasteiger partial charge in [0.05, 0.1) is 10.5 Å². The summed E-state index contributed by atoms with van der Waals surface area (Å²) in [7, 11) is -3.67. The Bertz CT molecular complexity index is 652. The van der Waals surface area contributed by atoms with Crippen molar-refractivity contribution in [2.75, 3.05) is 11.9 Å². The first-order valence-electron chi connectivity index (χ1n) is 8.07. The van der Waals surface area contributed by atoms with Crippen LogP contribution in [-0.4, -0.2) is 32.1 Å². The van der Waals surface area contributed by atoms with E-state index in [0.717, 1.165) is 25.7 Å². The quantitative estimate of drug-likeness (QED) is 0.709. The molecule has 6 nitrogen and oxygen atoms in total. The first kappa shape index (κ1) is 17.7. The highest BCUT2D eigenvalue weighted by Gasteiger charge is 2.20. The summed E-state index contributed by atoms with van der Waals surface area (Å²) in [6.07, 6.45) is 6.17. The molecule has 3 N–H and O–H groups in total. The summed E-state index contributed by atoms with van der Waals surface area (Å²) < 4.78 is 26.7. The fourth-order valence-corrected chi connectivity index (χ4v) is 3.94. The number of carboxylic acids is 1. The van der Waals surface area contributed by atoms with Crippen LogP contribution >= 0.6 is 0 Å². The Labute approximate surface area is 137 Å². The van der Waals surface area contributed by atoms with Gasteiger partial charge in [0.25, 0.3) is 0 Å². The van der Waals surface area contributed by atoms with E-state index >= 15 is 0 Å². The number of hydrogen-bond acceptors (Lipinski definition) is 4. The molecule has 23 heavy (non-hydrogen) atoms. The fraction of sp³-hybridized carbons (Fsp3) is 0.562. The number of sulfonamides is 1. The van der Waals surface area contributed by atoms with Crippen LogP contribution in [0.4, 0.5) is 5.69 Å². The highest BCUT2D eigenvalue weighted by Crippen LogP contribution is 2.26. The minimum atomic E-state index is -3.67. The Morgan fingerprint density at radius 1 is 1.26 bits per heavy atom. The minimum Gasteiger partial charge on any atom is -0.478 e. The molecule has 0 heterocycles. The molecule has 1 saturated carbocycles. The molecule has 0 atom stereocenters. The van der Waals surface area contributed by atoms with Gasteiger partial charge in [0, 0.05) is 18.3 Å². The maximum Gasteiger partial charge on any atom is 0.337 e. The average Bonchev–Trinajstić information content (AvgIpc) is 2.54. The van der Waals surface area contributed by atoms with Crippen LogP contribution in [0.3, 0.4) is 0 Å². The van der Waals surface area contributed by atoms with Gasteiger partial charge >= 0.3 is 5.97 Å². The number of hydrogen-bond donors (Lipinski definition) is 3. The first-order chi connectivity index (χ1) is 10.9. The summed E-state index contributed by atoms with van der Waals surface area (Å²) in [5, 5.41) is 12.7. The third-order valence-electron chi connectivity index (χ3n) is 4.04. The zero-order valence-corrected chi connectivity index (χ0v) is 14.2. The Morgan fingerprint density at radius 3 is 2.57 bits per heavy atom. The second kappa shape index (κ2) is 7.79. The molecule has 0 unspecified atom stereocenters. The van der Waals surface area contributed by atoms with Crippen molar-refractivity contribution in [3.05, 3.63) is 23.8 Å². The molecule has 0 saturated heterocycles. The van der Waals surface area contributed by atoms with Crippen molar-refractivity contribution >= 4 is 21.7 Å². The molecule has 0 amide bonds. The Morgan fingerprint density at radius 2 is 1.96 bits per heavy atom. The predicted octanol–water partition coefficient (Wildman–Crippen LogP) is 2.82. The Balaban J connectivity index is 2.25. The lowest BCUT2D eigenvalue weighted by Gasteiger charge is -2.24. The second-order valence-electron chi connectivity index (χ2n) is 5.89. The molecule has 7 heteroatoms. The standard InChI is InChI=1S/C16H24N2O4S/c1-2-10-17-23(21,22)13-8-9-15(14(11-13)16(19)20)18-12-6-4-3-5-7-12/h8-9,11-12,17-18H,2-7,10H2,1H3,(H,19,20). The number of benzene rings is 1. The van der Waals surface area contributed by atoms with Crippen molar-refractivity contribution < 1.29 is 18.3 Å². The van der Waals surface area contributed by atoms with E-state index in [1.165, 1.54) is 18.6 Å². The van der Waals surface area contributed by atoms with E-state index in [0.29, 0.717) is 18.7 Å². The van der Waals surface area contributed by atoms with Crippen LogP contribution in [0.2, 0.25) is 0 Å². The van der Waals surface area contributed by atoms with Crippen LogP contribution in [-0.2, 0) is 10.0 Å². The maximum atomic E-state index is 12.1. The van der Waals surface area contributed by atoms with Crippen molar-refractivity contribution in [2.24, 2.45) is 0 Å². The third-order valence-corrected chi connectivity index (χ3v) is 5.50. The van der Waals surface area contributed by atoms with Gasteiger partial charge in [-0.15, -0.1) is 0 Å². The highest BCUT2D eigenvalue weighted by molar-refractivity contribution is 7.89. The summed E-state index contributed by atoms with van der Waals surface area (Å²) in [6, 6.07) is 4.49. The van der Waals surface area contributed by atoms with E-state index in [1.807, 2.05) is 6.92 Å². The first-order valence-corrected chi connectivity index (χ1v) is 9.56. The van der Waals surface area contributed by atoms with Crippen molar-refractivity contribution in [1.29, 1.82) is 0 Å². The number of nitrogens with one attached hydrogen (secondary N) is 2. The lowest BCUT2D eigenvalue weighted by molar-refractivity contribution is 0.0697. The molecule has 2 rings (SSSR count). The zero-order chi connectivity index (χ0) is 16.9. The monoisotopic (exact) mass is 340 g/mol. The lowest BCUT2D eigenvalue weighted by Crippen LogP contribution is -2.26. The molecule has 0 radical (unpaired) electrons. The van der Waals surface area contributed by atoms with Crippen molar-refractivity contribution in [3.8, 4) is 0 Å². The molecule has 0 bridgehead atoms. The molecule has 0 aliphatic heterocycles. The van der Waals surface area contributed by atoms with Gasteiger partial charge in [-0.2, -0.15) is 0 Å². The predicted molar refractivity (Wildman–Crippen MR) is 89.4 cm³/mol. The number of rotatable bonds is 7. The Kier molecular flexibility index (Phi) is 6.01. The summed E-state index contributed by atoms with van der Waals surface area (Å²) in [5.41, 5.74) is 0.480. The SMILES string of the molecule is CCCNS(=O)(=O)c1ccc(NC2CCCCC2)c(C(=O)O)c1. The topological polar surface area (TPSA) is 95.5 Å². The number of aromatic carboxylic acids is 1. The van der Waals surface area contributed by atoms with Gasteiger partial charge in [0.1, 0.15) is 0 Å². The number of carbonyl (C=O) groups is 1. The molecular weight excluding hydrogens is 316 g/mol. The van der Waals surface area contributed by atoms with Crippen LogP contribution < -0.4 is 10.0 Å². The molecule has 1 aromatic carbocycles. The van der Waals surface area contributed by atoms with Gasteiger partial charge in [-0.05, 0) is 37.5 Å². The van der Waals surface area contributed by atoms with Crippen molar-refractivity contribution in [1.82, 2.24) is 4.72 Å². The maximum absolute atomic E-state index is 12.1. The van der Waals surface area contributed by atoms with Gasteiger partial charge in [-0.3, -0.25) is 0 Å². The number of anilines is 1. The molecule has 1 fully saturated rings. The normalized spacial score (nSPS) is 16.2. The van der Waals surface area contributed by atoms with Crippen LogP contribution in [0, 0.1) is 0 Å². The van der Waals surface area contributed by atoms with Crippen LogP contribution in [0.25, 0.3) is 0 Å². The average molecular weight is 340 g/mol. The van der Waals surface area contributed by atoms with E-state index in [2.05, 4.69) is 10.0 Å². The van der Waals surface area contributed by atoms with Crippen LogP contribution in [0.15, 0.2) is 23.1 Å². The highest BCUT2D eigenvalue weighted by atomic mass is 32.2. The van der Waals surface area contributed by atoms with Gasteiger partial charge in [0.15, 0.2) is 0 Å². The molecule has 0 spiro atoms. The van der Waals surface area contributed by atoms with Crippen LogP contribution in [0.1, 0.15) is 55.8 Å². The minimum absolute atomic E-state index is 0.00468. The summed E-state index contributed by atoms with van der Waals surface area (Å²) >= 11 is 0. The molecule has 1 aliphatic rings. The largest absolute Gasteiger partial charge is 0.478 e.